The molecular weight excluding hydrogens is 260 g/mol. The van der Waals surface area contributed by atoms with Crippen molar-refractivity contribution >= 4 is 11.9 Å². The summed E-state index contributed by atoms with van der Waals surface area (Å²) in [7, 11) is 0. The molecule has 0 aliphatic carbocycles. The Kier molecular flexibility index (Phi) is 5.37. The monoisotopic (exact) mass is 284 g/mol. The largest absolute Gasteiger partial charge is 0.481 e. The molecule has 1 N–H and O–H groups in total. The molecule has 2 aliphatic heterocycles. The van der Waals surface area contributed by atoms with Crippen molar-refractivity contribution in [2.24, 2.45) is 5.92 Å². The number of amides is 1. The van der Waals surface area contributed by atoms with Gasteiger partial charge in [-0.3, -0.25) is 14.5 Å². The Labute approximate surface area is 119 Å². The summed E-state index contributed by atoms with van der Waals surface area (Å²) in [4.78, 5) is 26.9. The molecule has 0 aromatic carbocycles. The molecule has 0 spiro atoms. The number of hydrogen-bond donors (Lipinski definition) is 1. The van der Waals surface area contributed by atoms with Gasteiger partial charge in [0, 0.05) is 26.2 Å². The third-order valence-electron chi connectivity index (χ3n) is 3.99. The number of rotatable bonds is 4. The van der Waals surface area contributed by atoms with Gasteiger partial charge in [0.25, 0.3) is 0 Å². The molecular formula is C14H24N2O4. The van der Waals surface area contributed by atoms with Crippen LogP contribution < -0.4 is 0 Å². The Morgan fingerprint density at radius 1 is 1.30 bits per heavy atom. The van der Waals surface area contributed by atoms with Crippen LogP contribution in [0, 0.1) is 5.92 Å². The van der Waals surface area contributed by atoms with E-state index in [2.05, 4.69) is 6.92 Å². The first-order valence-electron chi connectivity index (χ1n) is 7.38. The van der Waals surface area contributed by atoms with Gasteiger partial charge < -0.3 is 14.7 Å². The highest BCUT2D eigenvalue weighted by Crippen LogP contribution is 2.16. The van der Waals surface area contributed by atoms with Crippen LogP contribution in [-0.2, 0) is 14.3 Å². The van der Waals surface area contributed by atoms with E-state index >= 15 is 0 Å². The van der Waals surface area contributed by atoms with Crippen molar-refractivity contribution in [3.63, 3.8) is 0 Å². The quantitative estimate of drug-likeness (QED) is 0.810. The number of carboxylic acids is 1. The molecule has 2 heterocycles. The van der Waals surface area contributed by atoms with E-state index in [9.17, 15) is 9.59 Å². The summed E-state index contributed by atoms with van der Waals surface area (Å²) >= 11 is 0. The van der Waals surface area contributed by atoms with Crippen LogP contribution in [0.3, 0.4) is 0 Å². The van der Waals surface area contributed by atoms with Crippen LogP contribution in [0.4, 0.5) is 0 Å². The molecule has 6 nitrogen and oxygen atoms in total. The number of carboxylic acid groups (broad SMARTS) is 1. The Bertz CT molecular complexity index is 361. The van der Waals surface area contributed by atoms with E-state index in [-0.39, 0.29) is 18.4 Å². The van der Waals surface area contributed by atoms with Gasteiger partial charge in [-0.2, -0.15) is 0 Å². The average molecular weight is 284 g/mol. The first-order valence-corrected chi connectivity index (χ1v) is 7.38. The molecule has 0 radical (unpaired) electrons. The zero-order valence-corrected chi connectivity index (χ0v) is 12.1. The summed E-state index contributed by atoms with van der Waals surface area (Å²) in [6, 6.07) is 0. The van der Waals surface area contributed by atoms with Crippen LogP contribution in [0.5, 0.6) is 0 Å². The minimum atomic E-state index is -0.854. The van der Waals surface area contributed by atoms with E-state index in [4.69, 9.17) is 9.84 Å². The van der Waals surface area contributed by atoms with Gasteiger partial charge in [0.2, 0.25) is 5.91 Å². The van der Waals surface area contributed by atoms with E-state index in [1.165, 1.54) is 6.42 Å². The second-order valence-electron chi connectivity index (χ2n) is 5.91. The summed E-state index contributed by atoms with van der Waals surface area (Å²) in [6.07, 6.45) is 1.99. The highest BCUT2D eigenvalue weighted by molar-refractivity contribution is 5.78. The third-order valence-corrected chi connectivity index (χ3v) is 3.99. The molecule has 2 saturated heterocycles. The van der Waals surface area contributed by atoms with Crippen LogP contribution in [0.15, 0.2) is 0 Å². The molecule has 0 bridgehead atoms. The fourth-order valence-electron chi connectivity index (χ4n) is 2.95. The van der Waals surface area contributed by atoms with Crippen molar-refractivity contribution in [2.75, 3.05) is 39.3 Å². The maximum absolute atomic E-state index is 12.3. The highest BCUT2D eigenvalue weighted by atomic mass is 16.5. The molecule has 1 amide bonds. The van der Waals surface area contributed by atoms with Crippen molar-refractivity contribution in [2.45, 2.75) is 32.3 Å². The molecule has 2 aliphatic rings. The van der Waals surface area contributed by atoms with E-state index in [0.29, 0.717) is 32.2 Å². The molecule has 0 saturated carbocycles. The molecule has 2 atom stereocenters. The van der Waals surface area contributed by atoms with Crippen molar-refractivity contribution in [1.82, 2.24) is 9.80 Å². The second-order valence-corrected chi connectivity index (χ2v) is 5.91. The van der Waals surface area contributed by atoms with Crippen LogP contribution in [0.2, 0.25) is 0 Å². The SMILES string of the molecule is CC1CCCN(C(=O)CN2CCOC(CC(=O)O)C2)C1. The van der Waals surface area contributed by atoms with Gasteiger partial charge in [0.05, 0.1) is 25.7 Å². The summed E-state index contributed by atoms with van der Waals surface area (Å²) in [5.74, 6) is -0.113. The fourth-order valence-corrected chi connectivity index (χ4v) is 2.95. The fraction of sp³-hybridized carbons (Fsp3) is 0.857. The van der Waals surface area contributed by atoms with Gasteiger partial charge in [-0.1, -0.05) is 6.92 Å². The lowest BCUT2D eigenvalue weighted by atomic mass is 10.0. The summed E-state index contributed by atoms with van der Waals surface area (Å²) in [5, 5.41) is 8.79. The van der Waals surface area contributed by atoms with E-state index in [1.54, 1.807) is 0 Å². The topological polar surface area (TPSA) is 70.1 Å². The second kappa shape index (κ2) is 7.04. The number of aliphatic carboxylic acids is 1. The van der Waals surface area contributed by atoms with Crippen molar-refractivity contribution < 1.29 is 19.4 Å². The molecule has 6 heteroatoms. The number of morpholine rings is 1. The Morgan fingerprint density at radius 2 is 2.10 bits per heavy atom. The first kappa shape index (κ1) is 15.3. The van der Waals surface area contributed by atoms with Gasteiger partial charge in [0.1, 0.15) is 0 Å². The lowest BCUT2D eigenvalue weighted by Gasteiger charge is -2.35. The van der Waals surface area contributed by atoms with Crippen LogP contribution in [-0.4, -0.2) is 72.2 Å². The lowest BCUT2D eigenvalue weighted by molar-refractivity contribution is -0.143. The van der Waals surface area contributed by atoms with Crippen molar-refractivity contribution in [3.05, 3.63) is 0 Å². The number of hydrogen-bond acceptors (Lipinski definition) is 4. The normalized spacial score (nSPS) is 28.4. The van der Waals surface area contributed by atoms with Gasteiger partial charge >= 0.3 is 5.97 Å². The number of carbonyl (C=O) groups is 2. The van der Waals surface area contributed by atoms with Crippen LogP contribution >= 0.6 is 0 Å². The standard InChI is InChI=1S/C14H24N2O4/c1-11-3-2-4-16(8-11)13(17)10-15-5-6-20-12(9-15)7-14(18)19/h11-12H,2-10H2,1H3,(H,18,19). The zero-order valence-electron chi connectivity index (χ0n) is 12.1. The Hall–Kier alpha value is -1.14. The molecule has 0 aromatic heterocycles. The van der Waals surface area contributed by atoms with Gasteiger partial charge in [-0.05, 0) is 18.8 Å². The summed E-state index contributed by atoms with van der Waals surface area (Å²) in [6.45, 7) is 5.99. The first-order chi connectivity index (χ1) is 9.54. The smallest absolute Gasteiger partial charge is 0.306 e. The average Bonchev–Trinajstić information content (AvgIpc) is 2.38. The Balaban J connectivity index is 1.79. The lowest BCUT2D eigenvalue weighted by Crippen LogP contribution is -2.49. The minimum Gasteiger partial charge on any atom is -0.481 e. The minimum absolute atomic E-state index is 0.00540. The Morgan fingerprint density at radius 3 is 2.80 bits per heavy atom. The molecule has 2 rings (SSSR count). The summed E-state index contributed by atoms with van der Waals surface area (Å²) in [5.41, 5.74) is 0. The number of piperidine rings is 1. The molecule has 2 fully saturated rings. The molecule has 0 aromatic rings. The number of nitrogens with zero attached hydrogens (tertiary/aromatic N) is 2. The molecule has 2 unspecified atom stereocenters. The van der Waals surface area contributed by atoms with Gasteiger partial charge in [-0.25, -0.2) is 0 Å². The van der Waals surface area contributed by atoms with E-state index < -0.39 is 5.97 Å². The van der Waals surface area contributed by atoms with E-state index in [0.717, 1.165) is 19.5 Å². The predicted molar refractivity (Wildman–Crippen MR) is 73.4 cm³/mol. The summed E-state index contributed by atoms with van der Waals surface area (Å²) < 4.78 is 5.42. The van der Waals surface area contributed by atoms with Crippen LogP contribution in [0.25, 0.3) is 0 Å². The predicted octanol–water partition coefficient (Wildman–Crippen LogP) is 0.420. The van der Waals surface area contributed by atoms with Gasteiger partial charge in [-0.15, -0.1) is 0 Å². The maximum atomic E-state index is 12.3. The number of likely N-dealkylation sites (tertiary alicyclic amines) is 1. The highest BCUT2D eigenvalue weighted by Gasteiger charge is 2.27. The number of carbonyl (C=O) groups excluding carboxylic acids is 1. The molecule has 114 valence electrons. The molecule has 20 heavy (non-hydrogen) atoms. The van der Waals surface area contributed by atoms with Crippen molar-refractivity contribution in [3.8, 4) is 0 Å². The van der Waals surface area contributed by atoms with Crippen molar-refractivity contribution in [1.29, 1.82) is 0 Å². The van der Waals surface area contributed by atoms with Gasteiger partial charge in [0.15, 0.2) is 0 Å². The number of ether oxygens (including phenoxy) is 1. The van der Waals surface area contributed by atoms with E-state index in [1.807, 2.05) is 9.80 Å². The van der Waals surface area contributed by atoms with Crippen LogP contribution in [0.1, 0.15) is 26.2 Å². The third kappa shape index (κ3) is 4.45. The maximum Gasteiger partial charge on any atom is 0.306 e. The zero-order chi connectivity index (χ0) is 14.5.